The average molecular weight is 505 g/mol. The number of thioether (sulfide) groups is 1. The van der Waals surface area contributed by atoms with Crippen LogP contribution in [-0.2, 0) is 11.4 Å². The van der Waals surface area contributed by atoms with Crippen LogP contribution in [0.15, 0.2) is 35.2 Å². The standard InChI is InChI=1S/C21H17Cl4NO3S/c1-3-11(2)26-20(27)18(30-21(26)28)8-12-6-16(24)19(17(25)7-12)29-10-13-4-5-14(22)9-15(13)23/h4-9,11H,3,10H2,1-2H3/b18-8+/t11-/m0/s1. The van der Waals surface area contributed by atoms with Crippen molar-refractivity contribution >= 4 is 75.4 Å². The molecule has 158 valence electrons. The van der Waals surface area contributed by atoms with Crippen LogP contribution in [0.25, 0.3) is 6.08 Å². The second kappa shape index (κ2) is 9.84. The van der Waals surface area contributed by atoms with Crippen LogP contribution in [0.2, 0.25) is 20.1 Å². The third-order valence-electron chi connectivity index (χ3n) is 4.56. The van der Waals surface area contributed by atoms with E-state index in [-0.39, 0.29) is 33.8 Å². The fourth-order valence-corrected chi connectivity index (χ4v) is 4.79. The zero-order valence-corrected chi connectivity index (χ0v) is 19.9. The van der Waals surface area contributed by atoms with E-state index in [9.17, 15) is 9.59 Å². The Morgan fingerprint density at radius 3 is 2.33 bits per heavy atom. The number of nitrogens with zero attached hydrogens (tertiary/aromatic N) is 1. The van der Waals surface area contributed by atoms with Crippen LogP contribution in [-0.4, -0.2) is 22.1 Å². The summed E-state index contributed by atoms with van der Waals surface area (Å²) >= 11 is 25.7. The minimum atomic E-state index is -0.315. The molecule has 9 heteroatoms. The molecule has 1 fully saturated rings. The predicted molar refractivity (Wildman–Crippen MR) is 125 cm³/mol. The molecule has 0 unspecified atom stereocenters. The minimum Gasteiger partial charge on any atom is -0.486 e. The second-order valence-electron chi connectivity index (χ2n) is 6.65. The van der Waals surface area contributed by atoms with Crippen molar-refractivity contribution in [3.8, 4) is 5.75 Å². The molecule has 1 atom stereocenters. The Kier molecular flexibility index (Phi) is 7.64. The molecule has 0 N–H and O–H groups in total. The van der Waals surface area contributed by atoms with Gasteiger partial charge in [-0.2, -0.15) is 0 Å². The first-order valence-electron chi connectivity index (χ1n) is 9.04. The summed E-state index contributed by atoms with van der Waals surface area (Å²) in [6, 6.07) is 8.19. The number of amides is 2. The van der Waals surface area contributed by atoms with Gasteiger partial charge in [0.25, 0.3) is 11.1 Å². The van der Waals surface area contributed by atoms with Crippen molar-refractivity contribution in [1.29, 1.82) is 0 Å². The Morgan fingerprint density at radius 1 is 1.07 bits per heavy atom. The van der Waals surface area contributed by atoms with E-state index in [0.29, 0.717) is 32.7 Å². The molecule has 0 bridgehead atoms. The first-order valence-corrected chi connectivity index (χ1v) is 11.4. The van der Waals surface area contributed by atoms with E-state index in [1.807, 2.05) is 13.8 Å². The molecule has 0 spiro atoms. The zero-order valence-electron chi connectivity index (χ0n) is 16.0. The molecule has 1 aliphatic heterocycles. The molecule has 2 aromatic rings. The van der Waals surface area contributed by atoms with Crippen molar-refractivity contribution < 1.29 is 14.3 Å². The minimum absolute atomic E-state index is 0.155. The maximum Gasteiger partial charge on any atom is 0.293 e. The van der Waals surface area contributed by atoms with E-state index in [1.165, 1.54) is 4.90 Å². The molecule has 0 radical (unpaired) electrons. The monoisotopic (exact) mass is 503 g/mol. The zero-order chi connectivity index (χ0) is 22.0. The second-order valence-corrected chi connectivity index (χ2v) is 9.30. The lowest BCUT2D eigenvalue weighted by atomic mass is 10.2. The fraction of sp³-hybridized carbons (Fsp3) is 0.238. The number of halogens is 4. The molecular formula is C21H17Cl4NO3S. The third-order valence-corrected chi connectivity index (χ3v) is 6.59. The van der Waals surface area contributed by atoms with Crippen LogP contribution in [0.4, 0.5) is 4.79 Å². The molecule has 1 saturated heterocycles. The van der Waals surface area contributed by atoms with E-state index in [1.54, 1.807) is 36.4 Å². The van der Waals surface area contributed by atoms with Gasteiger partial charge in [0.15, 0.2) is 5.75 Å². The molecule has 3 rings (SSSR count). The third kappa shape index (κ3) is 5.09. The lowest BCUT2D eigenvalue weighted by Gasteiger charge is -2.19. The predicted octanol–water partition coefficient (Wildman–Crippen LogP) is 7.71. The number of rotatable bonds is 6. The van der Waals surface area contributed by atoms with Crippen molar-refractivity contribution in [3.63, 3.8) is 0 Å². The summed E-state index contributed by atoms with van der Waals surface area (Å²) in [4.78, 5) is 26.4. The van der Waals surface area contributed by atoms with Crippen LogP contribution in [0, 0.1) is 0 Å². The molecule has 1 aliphatic rings. The van der Waals surface area contributed by atoms with Gasteiger partial charge in [-0.25, -0.2) is 0 Å². The Hall–Kier alpha value is -1.37. The van der Waals surface area contributed by atoms with Crippen LogP contribution in [0.5, 0.6) is 5.75 Å². The number of carbonyl (C=O) groups excluding carboxylic acids is 2. The van der Waals surface area contributed by atoms with E-state index in [4.69, 9.17) is 51.1 Å². The number of benzene rings is 2. The summed E-state index contributed by atoms with van der Waals surface area (Å²) in [5, 5.41) is 1.28. The smallest absolute Gasteiger partial charge is 0.293 e. The van der Waals surface area contributed by atoms with Gasteiger partial charge in [-0.05, 0) is 61.0 Å². The lowest BCUT2D eigenvalue weighted by Crippen LogP contribution is -2.36. The van der Waals surface area contributed by atoms with Crippen LogP contribution in [0.1, 0.15) is 31.4 Å². The highest BCUT2D eigenvalue weighted by atomic mass is 35.5. The molecule has 0 aromatic heterocycles. The molecule has 0 saturated carbocycles. The van der Waals surface area contributed by atoms with Crippen molar-refractivity contribution in [2.24, 2.45) is 0 Å². The van der Waals surface area contributed by atoms with Crippen LogP contribution in [0.3, 0.4) is 0 Å². The summed E-state index contributed by atoms with van der Waals surface area (Å²) in [6.07, 6.45) is 2.29. The van der Waals surface area contributed by atoms with E-state index in [0.717, 1.165) is 17.3 Å². The highest BCUT2D eigenvalue weighted by Crippen LogP contribution is 2.38. The van der Waals surface area contributed by atoms with Crippen LogP contribution < -0.4 is 4.74 Å². The molecule has 1 heterocycles. The summed E-state index contributed by atoms with van der Waals surface area (Å²) in [5.41, 5.74) is 1.33. The van der Waals surface area contributed by atoms with Gasteiger partial charge in [0, 0.05) is 21.7 Å². The summed E-state index contributed by atoms with van der Waals surface area (Å²) in [6.45, 7) is 3.92. The Morgan fingerprint density at radius 2 is 1.73 bits per heavy atom. The van der Waals surface area contributed by atoms with Gasteiger partial charge >= 0.3 is 0 Å². The Labute approximate surface area is 199 Å². The molecule has 0 aliphatic carbocycles. The number of hydrogen-bond acceptors (Lipinski definition) is 4. The molecular weight excluding hydrogens is 488 g/mol. The summed E-state index contributed by atoms with van der Waals surface area (Å²) < 4.78 is 5.75. The summed E-state index contributed by atoms with van der Waals surface area (Å²) in [7, 11) is 0. The van der Waals surface area contributed by atoms with Gasteiger partial charge in [-0.15, -0.1) is 0 Å². The highest BCUT2D eigenvalue weighted by molar-refractivity contribution is 8.18. The van der Waals surface area contributed by atoms with Gasteiger partial charge in [-0.3, -0.25) is 14.5 Å². The lowest BCUT2D eigenvalue weighted by molar-refractivity contribution is -0.124. The van der Waals surface area contributed by atoms with Gasteiger partial charge in [-0.1, -0.05) is 59.4 Å². The van der Waals surface area contributed by atoms with Crippen molar-refractivity contribution in [3.05, 3.63) is 66.5 Å². The normalized spacial score (nSPS) is 16.5. The number of imide groups is 1. The number of ether oxygens (including phenoxy) is 1. The van der Waals surface area contributed by atoms with Crippen molar-refractivity contribution in [2.75, 3.05) is 0 Å². The van der Waals surface area contributed by atoms with Crippen molar-refractivity contribution in [1.82, 2.24) is 4.90 Å². The van der Waals surface area contributed by atoms with E-state index < -0.39 is 0 Å². The van der Waals surface area contributed by atoms with Gasteiger partial charge in [0.1, 0.15) is 6.61 Å². The SMILES string of the molecule is CC[C@H](C)N1C(=O)S/C(=C/c2cc(Cl)c(OCc3ccc(Cl)cc3Cl)c(Cl)c2)C1=O. The quantitative estimate of drug-likeness (QED) is 0.378. The van der Waals surface area contributed by atoms with Crippen LogP contribution >= 0.6 is 58.2 Å². The molecule has 4 nitrogen and oxygen atoms in total. The fourth-order valence-electron chi connectivity index (χ4n) is 2.78. The van der Waals surface area contributed by atoms with Gasteiger partial charge < -0.3 is 4.74 Å². The maximum absolute atomic E-state index is 12.6. The first kappa shape index (κ1) is 23.3. The Balaban J connectivity index is 1.80. The van der Waals surface area contributed by atoms with E-state index >= 15 is 0 Å². The summed E-state index contributed by atoms with van der Waals surface area (Å²) in [5.74, 6) is -0.0153. The van der Waals surface area contributed by atoms with E-state index in [2.05, 4.69) is 0 Å². The molecule has 2 aromatic carbocycles. The van der Waals surface area contributed by atoms with Crippen molar-refractivity contribution in [2.45, 2.75) is 32.9 Å². The number of carbonyl (C=O) groups is 2. The highest BCUT2D eigenvalue weighted by Gasteiger charge is 2.37. The molecule has 30 heavy (non-hydrogen) atoms. The average Bonchev–Trinajstić information content (AvgIpc) is 2.95. The Bertz CT molecular complexity index is 1020. The van der Waals surface area contributed by atoms with Gasteiger partial charge in [0.2, 0.25) is 0 Å². The topological polar surface area (TPSA) is 46.6 Å². The number of hydrogen-bond donors (Lipinski definition) is 0. The molecule has 2 amide bonds. The van der Waals surface area contributed by atoms with Gasteiger partial charge in [0.05, 0.1) is 15.0 Å². The largest absolute Gasteiger partial charge is 0.486 e. The maximum atomic E-state index is 12.6. The first-order chi connectivity index (χ1) is 14.2.